The number of nitrogens with two attached hydrogens (primary N) is 1. The first-order valence-corrected chi connectivity index (χ1v) is 6.39. The first kappa shape index (κ1) is 12.8. The first-order chi connectivity index (χ1) is 8.48. The van der Waals surface area contributed by atoms with E-state index < -0.39 is 0 Å². The molecule has 0 spiro atoms. The van der Waals surface area contributed by atoms with Crippen LogP contribution in [0.3, 0.4) is 0 Å². The molecule has 0 fully saturated rings. The molecule has 0 amide bonds. The van der Waals surface area contributed by atoms with Crippen molar-refractivity contribution in [3.8, 4) is 11.1 Å². The number of rotatable bonds is 2. The lowest BCUT2D eigenvalue weighted by Crippen LogP contribution is -2.26. The number of benzene rings is 2. The van der Waals surface area contributed by atoms with E-state index in [0.29, 0.717) is 0 Å². The maximum atomic E-state index is 6.26. The summed E-state index contributed by atoms with van der Waals surface area (Å²) in [5.74, 6) is 0. The molecule has 0 aromatic heterocycles. The molecule has 0 aliphatic heterocycles. The van der Waals surface area contributed by atoms with Gasteiger partial charge in [-0.25, -0.2) is 0 Å². The zero-order valence-corrected chi connectivity index (χ0v) is 11.4. The summed E-state index contributed by atoms with van der Waals surface area (Å²) in [6.45, 7) is 6.51. The normalized spacial score (nSPS) is 13.3. The lowest BCUT2D eigenvalue weighted by molar-refractivity contribution is 0.327. The minimum atomic E-state index is 0.0716. The Balaban J connectivity index is 2.26. The molecule has 1 atom stereocenters. The number of hydrogen-bond acceptors (Lipinski definition) is 1. The summed E-state index contributed by atoms with van der Waals surface area (Å²) in [6.07, 6.45) is 0. The van der Waals surface area contributed by atoms with E-state index in [1.54, 1.807) is 0 Å². The standard InChI is InChI=1S/C17H21N/c1-17(2,3)16(18)15-11-9-14(10-12-15)13-7-5-4-6-8-13/h4-12,16H,18H2,1-3H3. The summed E-state index contributed by atoms with van der Waals surface area (Å²) in [7, 11) is 0. The highest BCUT2D eigenvalue weighted by Crippen LogP contribution is 2.31. The summed E-state index contributed by atoms with van der Waals surface area (Å²) < 4.78 is 0. The molecule has 2 N–H and O–H groups in total. The lowest BCUT2D eigenvalue weighted by atomic mass is 9.83. The zero-order chi connectivity index (χ0) is 13.2. The third-order valence-corrected chi connectivity index (χ3v) is 3.31. The van der Waals surface area contributed by atoms with Crippen LogP contribution in [-0.2, 0) is 0 Å². The fourth-order valence-electron chi connectivity index (χ4n) is 2.01. The van der Waals surface area contributed by atoms with Crippen molar-refractivity contribution in [2.24, 2.45) is 11.1 Å². The average Bonchev–Trinajstić information content (AvgIpc) is 2.38. The molecule has 2 aromatic carbocycles. The first-order valence-electron chi connectivity index (χ1n) is 6.39. The van der Waals surface area contributed by atoms with Crippen LogP contribution in [0.2, 0.25) is 0 Å². The predicted molar refractivity (Wildman–Crippen MR) is 78.3 cm³/mol. The second-order valence-electron chi connectivity index (χ2n) is 5.83. The van der Waals surface area contributed by atoms with E-state index in [1.807, 2.05) is 6.07 Å². The topological polar surface area (TPSA) is 26.0 Å². The molecule has 0 aliphatic rings. The summed E-state index contributed by atoms with van der Waals surface area (Å²) in [6, 6.07) is 19.0. The SMILES string of the molecule is CC(C)(C)C(N)c1ccc(-c2ccccc2)cc1. The Kier molecular flexibility index (Phi) is 3.53. The van der Waals surface area contributed by atoms with Gasteiger partial charge in [-0.1, -0.05) is 75.4 Å². The van der Waals surface area contributed by atoms with Gasteiger partial charge in [-0.3, -0.25) is 0 Å². The van der Waals surface area contributed by atoms with Crippen molar-refractivity contribution < 1.29 is 0 Å². The molecule has 94 valence electrons. The predicted octanol–water partition coefficient (Wildman–Crippen LogP) is 4.40. The highest BCUT2D eigenvalue weighted by atomic mass is 14.7. The Morgan fingerprint density at radius 2 is 1.28 bits per heavy atom. The van der Waals surface area contributed by atoms with E-state index in [1.165, 1.54) is 16.7 Å². The molecule has 0 bridgehead atoms. The van der Waals surface area contributed by atoms with Crippen molar-refractivity contribution in [2.45, 2.75) is 26.8 Å². The smallest absolute Gasteiger partial charge is 0.0344 e. The van der Waals surface area contributed by atoms with Crippen molar-refractivity contribution in [1.82, 2.24) is 0 Å². The van der Waals surface area contributed by atoms with Gasteiger partial charge in [-0.2, -0.15) is 0 Å². The maximum absolute atomic E-state index is 6.26. The molecule has 2 aromatic rings. The highest BCUT2D eigenvalue weighted by molar-refractivity contribution is 5.63. The van der Waals surface area contributed by atoms with Crippen LogP contribution in [0.5, 0.6) is 0 Å². The number of hydrogen-bond donors (Lipinski definition) is 1. The second kappa shape index (κ2) is 4.95. The van der Waals surface area contributed by atoms with Gasteiger partial charge in [0.1, 0.15) is 0 Å². The Labute approximate surface area is 110 Å². The van der Waals surface area contributed by atoms with Crippen molar-refractivity contribution in [3.63, 3.8) is 0 Å². The van der Waals surface area contributed by atoms with E-state index in [0.717, 1.165) is 0 Å². The molecule has 0 saturated carbocycles. The third-order valence-electron chi connectivity index (χ3n) is 3.31. The Hall–Kier alpha value is -1.60. The second-order valence-corrected chi connectivity index (χ2v) is 5.83. The van der Waals surface area contributed by atoms with E-state index in [9.17, 15) is 0 Å². The molecular weight excluding hydrogens is 218 g/mol. The lowest BCUT2D eigenvalue weighted by Gasteiger charge is -2.27. The molecule has 2 rings (SSSR count). The average molecular weight is 239 g/mol. The summed E-state index contributed by atoms with van der Waals surface area (Å²) in [4.78, 5) is 0. The highest BCUT2D eigenvalue weighted by Gasteiger charge is 2.21. The van der Waals surface area contributed by atoms with Crippen LogP contribution in [0.25, 0.3) is 11.1 Å². The third kappa shape index (κ3) is 2.80. The minimum absolute atomic E-state index is 0.0716. The molecular formula is C17H21N. The van der Waals surface area contributed by atoms with Gasteiger partial charge in [-0.05, 0) is 22.1 Å². The summed E-state index contributed by atoms with van der Waals surface area (Å²) in [5.41, 5.74) is 10.0. The molecule has 0 aliphatic carbocycles. The van der Waals surface area contributed by atoms with Gasteiger partial charge in [0.25, 0.3) is 0 Å². The maximum Gasteiger partial charge on any atom is 0.0344 e. The molecule has 0 radical (unpaired) electrons. The van der Waals surface area contributed by atoms with Gasteiger partial charge < -0.3 is 5.73 Å². The van der Waals surface area contributed by atoms with Crippen molar-refractivity contribution in [2.75, 3.05) is 0 Å². The van der Waals surface area contributed by atoms with Gasteiger partial charge in [0.15, 0.2) is 0 Å². The Morgan fingerprint density at radius 1 is 0.778 bits per heavy atom. The largest absolute Gasteiger partial charge is 0.324 e. The Morgan fingerprint density at radius 3 is 1.78 bits per heavy atom. The zero-order valence-electron chi connectivity index (χ0n) is 11.4. The van der Waals surface area contributed by atoms with Crippen LogP contribution in [0.4, 0.5) is 0 Å². The monoisotopic (exact) mass is 239 g/mol. The van der Waals surface area contributed by atoms with Crippen molar-refractivity contribution in [1.29, 1.82) is 0 Å². The van der Waals surface area contributed by atoms with E-state index >= 15 is 0 Å². The van der Waals surface area contributed by atoms with E-state index in [2.05, 4.69) is 69.3 Å². The quantitative estimate of drug-likeness (QED) is 0.826. The van der Waals surface area contributed by atoms with E-state index in [-0.39, 0.29) is 11.5 Å². The van der Waals surface area contributed by atoms with Crippen LogP contribution in [0.15, 0.2) is 54.6 Å². The van der Waals surface area contributed by atoms with E-state index in [4.69, 9.17) is 5.73 Å². The van der Waals surface area contributed by atoms with Gasteiger partial charge in [0.05, 0.1) is 0 Å². The molecule has 18 heavy (non-hydrogen) atoms. The fraction of sp³-hybridized carbons (Fsp3) is 0.294. The van der Waals surface area contributed by atoms with Crippen LogP contribution in [-0.4, -0.2) is 0 Å². The van der Waals surface area contributed by atoms with Crippen LogP contribution in [0.1, 0.15) is 32.4 Å². The molecule has 1 heteroatoms. The van der Waals surface area contributed by atoms with Crippen LogP contribution >= 0.6 is 0 Å². The van der Waals surface area contributed by atoms with Crippen LogP contribution < -0.4 is 5.73 Å². The van der Waals surface area contributed by atoms with Gasteiger partial charge >= 0.3 is 0 Å². The fourth-order valence-corrected chi connectivity index (χ4v) is 2.01. The Bertz CT molecular complexity index is 491. The van der Waals surface area contributed by atoms with Gasteiger partial charge in [0, 0.05) is 6.04 Å². The summed E-state index contributed by atoms with van der Waals surface area (Å²) >= 11 is 0. The molecule has 0 heterocycles. The minimum Gasteiger partial charge on any atom is -0.324 e. The van der Waals surface area contributed by atoms with Crippen molar-refractivity contribution >= 4 is 0 Å². The van der Waals surface area contributed by atoms with Gasteiger partial charge in [0.2, 0.25) is 0 Å². The van der Waals surface area contributed by atoms with Crippen LogP contribution in [0, 0.1) is 5.41 Å². The molecule has 1 unspecified atom stereocenters. The van der Waals surface area contributed by atoms with Crippen molar-refractivity contribution in [3.05, 3.63) is 60.2 Å². The molecule has 0 saturated heterocycles. The van der Waals surface area contributed by atoms with Gasteiger partial charge in [-0.15, -0.1) is 0 Å². The summed E-state index contributed by atoms with van der Waals surface area (Å²) in [5, 5.41) is 0. The molecule has 1 nitrogen and oxygen atoms in total.